The van der Waals surface area contributed by atoms with Crippen molar-refractivity contribution < 1.29 is 9.59 Å². The first-order chi connectivity index (χ1) is 9.56. The fraction of sp³-hybridized carbons (Fsp3) is 0.0667. The van der Waals surface area contributed by atoms with E-state index >= 15 is 0 Å². The van der Waals surface area contributed by atoms with Crippen LogP contribution in [0, 0.1) is 0 Å². The molecule has 0 bridgehead atoms. The average Bonchev–Trinajstić information content (AvgIpc) is 2.66. The van der Waals surface area contributed by atoms with Gasteiger partial charge in [-0.1, -0.05) is 35.3 Å². The van der Waals surface area contributed by atoms with E-state index in [9.17, 15) is 9.59 Å². The van der Waals surface area contributed by atoms with Gasteiger partial charge in [-0.2, -0.15) is 0 Å². The molecule has 1 heterocycles. The van der Waals surface area contributed by atoms with Crippen molar-refractivity contribution in [3.8, 4) is 0 Å². The lowest BCUT2D eigenvalue weighted by atomic mass is 10.1. The lowest BCUT2D eigenvalue weighted by Crippen LogP contribution is -2.29. The predicted octanol–water partition coefficient (Wildman–Crippen LogP) is 3.72. The molecule has 0 unspecified atom stereocenters. The monoisotopic (exact) mass is 305 g/mol. The van der Waals surface area contributed by atoms with Crippen molar-refractivity contribution in [3.05, 3.63) is 63.6 Å². The average molecular weight is 306 g/mol. The number of fused-ring (bicyclic) bond motifs is 1. The zero-order valence-corrected chi connectivity index (χ0v) is 11.8. The second-order valence-corrected chi connectivity index (χ2v) is 5.38. The van der Waals surface area contributed by atoms with E-state index in [0.29, 0.717) is 27.8 Å². The van der Waals surface area contributed by atoms with Gasteiger partial charge >= 0.3 is 0 Å². The van der Waals surface area contributed by atoms with Gasteiger partial charge in [0, 0.05) is 10.0 Å². The number of anilines is 1. The minimum atomic E-state index is -0.530. The zero-order chi connectivity index (χ0) is 14.3. The van der Waals surface area contributed by atoms with Crippen LogP contribution in [0.2, 0.25) is 10.0 Å². The fourth-order valence-corrected chi connectivity index (χ4v) is 2.50. The summed E-state index contributed by atoms with van der Waals surface area (Å²) in [5.41, 5.74) is 1.86. The van der Waals surface area contributed by atoms with Crippen LogP contribution in [0.1, 0.15) is 15.9 Å². The van der Waals surface area contributed by atoms with Crippen LogP contribution in [0.3, 0.4) is 0 Å². The summed E-state index contributed by atoms with van der Waals surface area (Å²) in [4.78, 5) is 25.4. The van der Waals surface area contributed by atoms with E-state index in [-0.39, 0.29) is 0 Å². The van der Waals surface area contributed by atoms with Crippen molar-refractivity contribution >= 4 is 40.6 Å². The van der Waals surface area contributed by atoms with Crippen LogP contribution in [0.5, 0.6) is 0 Å². The Kier molecular flexibility index (Phi) is 3.24. The number of hydrogen-bond donors (Lipinski definition) is 0. The standard InChI is InChI=1S/C15H9Cl2NO2/c16-10-3-1-9(2-4-10)8-18-13-6-5-11(17)7-12(13)14(19)15(18)20/h1-7H,8H2. The molecule has 2 aromatic carbocycles. The van der Waals surface area contributed by atoms with Gasteiger partial charge in [-0.25, -0.2) is 0 Å². The SMILES string of the molecule is O=C1C(=O)N(Cc2ccc(Cl)cc2)c2ccc(Cl)cc21. The van der Waals surface area contributed by atoms with E-state index in [1.165, 1.54) is 11.0 Å². The minimum absolute atomic E-state index is 0.330. The molecule has 20 heavy (non-hydrogen) atoms. The van der Waals surface area contributed by atoms with Gasteiger partial charge in [0.1, 0.15) is 0 Å². The third-order valence-electron chi connectivity index (χ3n) is 3.19. The number of carbonyl (C=O) groups excluding carboxylic acids is 2. The van der Waals surface area contributed by atoms with Gasteiger partial charge in [-0.3, -0.25) is 9.59 Å². The number of rotatable bonds is 2. The highest BCUT2D eigenvalue weighted by molar-refractivity contribution is 6.52. The van der Waals surface area contributed by atoms with Crippen molar-refractivity contribution in [3.63, 3.8) is 0 Å². The Morgan fingerprint density at radius 3 is 2.25 bits per heavy atom. The van der Waals surface area contributed by atoms with Crippen molar-refractivity contribution in [2.45, 2.75) is 6.54 Å². The van der Waals surface area contributed by atoms with Crippen LogP contribution in [0.15, 0.2) is 42.5 Å². The van der Waals surface area contributed by atoms with Gasteiger partial charge in [0.25, 0.3) is 11.7 Å². The molecule has 5 heteroatoms. The van der Waals surface area contributed by atoms with E-state index in [2.05, 4.69) is 0 Å². The largest absolute Gasteiger partial charge is 0.300 e. The van der Waals surface area contributed by atoms with Crippen LogP contribution in [0.4, 0.5) is 5.69 Å². The van der Waals surface area contributed by atoms with Crippen molar-refractivity contribution in [1.29, 1.82) is 0 Å². The Morgan fingerprint density at radius 1 is 0.900 bits per heavy atom. The summed E-state index contributed by atoms with van der Waals surface area (Å²) in [6.45, 7) is 0.330. The van der Waals surface area contributed by atoms with Crippen LogP contribution >= 0.6 is 23.2 Å². The molecule has 1 amide bonds. The van der Waals surface area contributed by atoms with Gasteiger partial charge in [0.15, 0.2) is 0 Å². The number of hydrogen-bond acceptors (Lipinski definition) is 2. The molecular weight excluding hydrogens is 297 g/mol. The topological polar surface area (TPSA) is 37.4 Å². The Morgan fingerprint density at radius 2 is 1.55 bits per heavy atom. The Bertz CT molecular complexity index is 710. The molecule has 0 spiro atoms. The predicted molar refractivity (Wildman–Crippen MR) is 78.4 cm³/mol. The third-order valence-corrected chi connectivity index (χ3v) is 3.67. The highest BCUT2D eigenvalue weighted by Crippen LogP contribution is 2.32. The summed E-state index contributed by atoms with van der Waals surface area (Å²) in [5.74, 6) is -1.05. The summed E-state index contributed by atoms with van der Waals surface area (Å²) in [7, 11) is 0. The van der Waals surface area contributed by atoms with E-state index in [0.717, 1.165) is 5.56 Å². The van der Waals surface area contributed by atoms with Gasteiger partial charge in [-0.15, -0.1) is 0 Å². The number of Topliss-reactive ketones (excluding diaryl/α,β-unsaturated/α-hetero) is 1. The summed E-state index contributed by atoms with van der Waals surface area (Å²) >= 11 is 11.7. The molecule has 100 valence electrons. The zero-order valence-electron chi connectivity index (χ0n) is 10.3. The molecule has 3 rings (SSSR count). The van der Waals surface area contributed by atoms with E-state index in [1.807, 2.05) is 12.1 Å². The lowest BCUT2D eigenvalue weighted by Gasteiger charge is -2.16. The number of nitrogens with zero attached hydrogens (tertiary/aromatic N) is 1. The van der Waals surface area contributed by atoms with Gasteiger partial charge < -0.3 is 4.90 Å². The second-order valence-electron chi connectivity index (χ2n) is 4.51. The molecule has 1 aliphatic rings. The highest BCUT2D eigenvalue weighted by Gasteiger charge is 2.35. The van der Waals surface area contributed by atoms with Gasteiger partial charge in [0.2, 0.25) is 0 Å². The third kappa shape index (κ3) is 2.19. The normalized spacial score (nSPS) is 13.8. The molecule has 0 N–H and O–H groups in total. The Hall–Kier alpha value is -1.84. The van der Waals surface area contributed by atoms with Crippen LogP contribution in [0.25, 0.3) is 0 Å². The first-order valence-electron chi connectivity index (χ1n) is 5.96. The quantitative estimate of drug-likeness (QED) is 0.793. The number of ketones is 1. The Labute approximate surface area is 125 Å². The van der Waals surface area contributed by atoms with Crippen LogP contribution in [-0.4, -0.2) is 11.7 Å². The first-order valence-corrected chi connectivity index (χ1v) is 6.72. The maximum Gasteiger partial charge on any atom is 0.299 e. The molecule has 1 aliphatic heterocycles. The minimum Gasteiger partial charge on any atom is -0.300 e. The summed E-state index contributed by atoms with van der Waals surface area (Å²) < 4.78 is 0. The van der Waals surface area contributed by atoms with Crippen molar-refractivity contribution in [2.75, 3.05) is 4.90 Å². The van der Waals surface area contributed by atoms with Crippen molar-refractivity contribution in [1.82, 2.24) is 0 Å². The van der Waals surface area contributed by atoms with E-state index in [1.54, 1.807) is 24.3 Å². The van der Waals surface area contributed by atoms with Crippen molar-refractivity contribution in [2.24, 2.45) is 0 Å². The molecule has 3 nitrogen and oxygen atoms in total. The first kappa shape index (κ1) is 13.2. The van der Waals surface area contributed by atoms with Crippen LogP contribution in [-0.2, 0) is 11.3 Å². The molecule has 0 atom stereocenters. The highest BCUT2D eigenvalue weighted by atomic mass is 35.5. The summed E-state index contributed by atoms with van der Waals surface area (Å²) in [5, 5.41) is 1.07. The Balaban J connectivity index is 1.97. The van der Waals surface area contributed by atoms with Gasteiger partial charge in [0.05, 0.1) is 17.8 Å². The number of benzene rings is 2. The maximum absolute atomic E-state index is 12.1. The molecule has 0 aromatic heterocycles. The molecule has 0 aliphatic carbocycles. The molecule has 0 radical (unpaired) electrons. The molecule has 0 fully saturated rings. The second kappa shape index (κ2) is 4.93. The maximum atomic E-state index is 12.1. The van der Waals surface area contributed by atoms with E-state index in [4.69, 9.17) is 23.2 Å². The molecule has 2 aromatic rings. The van der Waals surface area contributed by atoms with E-state index < -0.39 is 11.7 Å². The van der Waals surface area contributed by atoms with Crippen LogP contribution < -0.4 is 4.90 Å². The summed E-state index contributed by atoms with van der Waals surface area (Å²) in [6.07, 6.45) is 0. The number of carbonyl (C=O) groups is 2. The summed E-state index contributed by atoms with van der Waals surface area (Å²) in [6, 6.07) is 12.0. The molecule has 0 saturated heterocycles. The lowest BCUT2D eigenvalue weighted by molar-refractivity contribution is -0.114. The molecule has 0 saturated carbocycles. The fourth-order valence-electron chi connectivity index (χ4n) is 2.20. The van der Waals surface area contributed by atoms with Gasteiger partial charge in [-0.05, 0) is 35.9 Å². The smallest absolute Gasteiger partial charge is 0.299 e. The number of halogens is 2. The molecular formula is C15H9Cl2NO2. The number of amides is 1.